The number of rotatable bonds is 9. The van der Waals surface area contributed by atoms with Crippen LogP contribution in [0.15, 0.2) is 48.7 Å². The highest BCUT2D eigenvalue weighted by Gasteiger charge is 2.54. The molecule has 0 aliphatic rings. The Kier molecular flexibility index (Phi) is 7.76. The van der Waals surface area contributed by atoms with E-state index in [9.17, 15) is 45.4 Å². The van der Waals surface area contributed by atoms with E-state index in [0.717, 1.165) is 35.1 Å². The summed E-state index contributed by atoms with van der Waals surface area (Å²) >= 11 is 0. The third kappa shape index (κ3) is 6.17. The number of nitrogens with two attached hydrogens (primary N) is 1. The number of halogens is 7. The van der Waals surface area contributed by atoms with Crippen LogP contribution in [0.3, 0.4) is 0 Å². The van der Waals surface area contributed by atoms with Gasteiger partial charge in [-0.15, -0.1) is 0 Å². The van der Waals surface area contributed by atoms with E-state index in [1.165, 1.54) is 12.1 Å². The zero-order chi connectivity index (χ0) is 27.5. The Balaban J connectivity index is 1.92. The van der Waals surface area contributed by atoms with Crippen LogP contribution in [0.1, 0.15) is 26.4 Å². The largest absolute Gasteiger partial charge is 0.434 e. The summed E-state index contributed by atoms with van der Waals surface area (Å²) in [7, 11) is 0. The number of nitrogens with one attached hydrogen (secondary N) is 1. The van der Waals surface area contributed by atoms with Crippen LogP contribution in [0.5, 0.6) is 5.75 Å². The zero-order valence-electron chi connectivity index (χ0n) is 18.4. The van der Waals surface area contributed by atoms with Crippen molar-refractivity contribution in [3.05, 3.63) is 77.1 Å². The number of hydrogen-bond donors (Lipinski definition) is 3. The van der Waals surface area contributed by atoms with Crippen molar-refractivity contribution in [1.29, 1.82) is 0 Å². The Morgan fingerprint density at radius 3 is 2.32 bits per heavy atom. The molecule has 1 unspecified atom stereocenters. The minimum absolute atomic E-state index is 0.144. The van der Waals surface area contributed by atoms with Gasteiger partial charge in [-0.2, -0.15) is 27.1 Å². The maximum atomic E-state index is 14.1. The number of benzene rings is 2. The lowest BCUT2D eigenvalue weighted by Gasteiger charge is -2.30. The molecule has 198 valence electrons. The second-order valence-electron chi connectivity index (χ2n) is 7.65. The van der Waals surface area contributed by atoms with Crippen LogP contribution in [0.2, 0.25) is 0 Å². The van der Waals surface area contributed by atoms with E-state index in [2.05, 4.69) is 9.84 Å². The lowest BCUT2D eigenvalue weighted by molar-refractivity contribution is -0.257. The Bertz CT molecular complexity index is 1300. The highest BCUT2D eigenvalue weighted by Crippen LogP contribution is 2.34. The molecule has 4 N–H and O–H groups in total. The fourth-order valence-corrected chi connectivity index (χ4v) is 3.25. The average molecular weight is 534 g/mol. The lowest BCUT2D eigenvalue weighted by atomic mass is 9.94. The number of nitrogens with zero attached hydrogens (tertiary/aromatic N) is 2. The first kappa shape index (κ1) is 27.4. The SMILES string of the molecule is NC(=O)c1cn(-c2ccc(F)cc2)nc1CC(O)(CNC(=O)c1c(F)cccc1OC(F)F)C(F)(F)F. The first-order chi connectivity index (χ1) is 17.2. The van der Waals surface area contributed by atoms with Crippen molar-refractivity contribution < 1.29 is 50.2 Å². The molecule has 1 heterocycles. The van der Waals surface area contributed by atoms with Crippen LogP contribution >= 0.6 is 0 Å². The third-order valence-corrected chi connectivity index (χ3v) is 5.09. The van der Waals surface area contributed by atoms with E-state index >= 15 is 0 Å². The summed E-state index contributed by atoms with van der Waals surface area (Å²) in [5.74, 6) is -5.73. The number of alkyl halides is 5. The summed E-state index contributed by atoms with van der Waals surface area (Å²) < 4.78 is 99.1. The summed E-state index contributed by atoms with van der Waals surface area (Å²) in [6.45, 7) is -5.07. The highest BCUT2D eigenvalue weighted by molar-refractivity contribution is 5.97. The Hall–Kier alpha value is -4.14. The van der Waals surface area contributed by atoms with E-state index in [1.54, 1.807) is 5.32 Å². The summed E-state index contributed by atoms with van der Waals surface area (Å²) in [5, 5.41) is 15.9. The van der Waals surface area contributed by atoms with Gasteiger partial charge >= 0.3 is 12.8 Å². The van der Waals surface area contributed by atoms with E-state index < -0.39 is 77.4 Å². The van der Waals surface area contributed by atoms with Gasteiger partial charge in [0.25, 0.3) is 11.8 Å². The Morgan fingerprint density at radius 2 is 1.76 bits per heavy atom. The van der Waals surface area contributed by atoms with Crippen LogP contribution in [0, 0.1) is 11.6 Å². The maximum absolute atomic E-state index is 14.1. The van der Waals surface area contributed by atoms with Gasteiger partial charge < -0.3 is 20.9 Å². The first-order valence-electron chi connectivity index (χ1n) is 10.2. The van der Waals surface area contributed by atoms with E-state index in [0.29, 0.717) is 6.07 Å². The van der Waals surface area contributed by atoms with Crippen molar-refractivity contribution in [1.82, 2.24) is 15.1 Å². The van der Waals surface area contributed by atoms with Gasteiger partial charge in [-0.1, -0.05) is 6.07 Å². The van der Waals surface area contributed by atoms with Crippen molar-refractivity contribution in [2.24, 2.45) is 5.73 Å². The quantitative estimate of drug-likeness (QED) is 0.365. The predicted octanol–water partition coefficient (Wildman–Crippen LogP) is 3.12. The monoisotopic (exact) mass is 534 g/mol. The van der Waals surface area contributed by atoms with Gasteiger partial charge in [-0.25, -0.2) is 13.5 Å². The number of carbonyl (C=O) groups excluding carboxylic acids is 2. The standard InChI is InChI=1S/C22H17F7N4O4/c23-11-4-6-12(7-5-11)33-9-13(18(30)34)15(32-33)8-21(36,22(27,28)29)10-31-19(35)17-14(24)2-1-3-16(17)37-20(25)26/h1-7,9,20,36H,8,10H2,(H2,30,34)(H,31,35). The van der Waals surface area contributed by atoms with Gasteiger partial charge in [-0.05, 0) is 36.4 Å². The van der Waals surface area contributed by atoms with Crippen LogP contribution in [-0.2, 0) is 6.42 Å². The average Bonchev–Trinajstić information content (AvgIpc) is 3.21. The molecule has 0 radical (unpaired) electrons. The molecule has 15 heteroatoms. The van der Waals surface area contributed by atoms with Crippen LogP contribution < -0.4 is 15.8 Å². The van der Waals surface area contributed by atoms with Crippen molar-refractivity contribution >= 4 is 11.8 Å². The minimum atomic E-state index is -5.44. The van der Waals surface area contributed by atoms with Crippen LogP contribution in [0.4, 0.5) is 30.7 Å². The number of carbonyl (C=O) groups is 2. The molecule has 2 amide bonds. The molecule has 0 saturated carbocycles. The van der Waals surface area contributed by atoms with E-state index in [1.807, 2.05) is 0 Å². The van der Waals surface area contributed by atoms with Crippen molar-refractivity contribution in [3.63, 3.8) is 0 Å². The van der Waals surface area contributed by atoms with E-state index in [-0.39, 0.29) is 5.69 Å². The maximum Gasteiger partial charge on any atom is 0.419 e. The zero-order valence-corrected chi connectivity index (χ0v) is 18.4. The molecule has 37 heavy (non-hydrogen) atoms. The third-order valence-electron chi connectivity index (χ3n) is 5.09. The minimum Gasteiger partial charge on any atom is -0.434 e. The van der Waals surface area contributed by atoms with Gasteiger partial charge in [-0.3, -0.25) is 9.59 Å². The second-order valence-corrected chi connectivity index (χ2v) is 7.65. The van der Waals surface area contributed by atoms with Crippen LogP contribution in [-0.4, -0.2) is 51.6 Å². The number of primary amides is 1. The molecule has 0 aliphatic carbocycles. The van der Waals surface area contributed by atoms with Crippen LogP contribution in [0.25, 0.3) is 5.69 Å². The lowest BCUT2D eigenvalue weighted by Crippen LogP contribution is -2.55. The molecule has 3 aromatic rings. The molecular formula is C22H17F7N4O4. The number of aliphatic hydroxyl groups is 1. The fourth-order valence-electron chi connectivity index (χ4n) is 3.25. The molecule has 8 nitrogen and oxygen atoms in total. The van der Waals surface area contributed by atoms with Gasteiger partial charge in [0.1, 0.15) is 22.9 Å². The predicted molar refractivity (Wildman–Crippen MR) is 112 cm³/mol. The highest BCUT2D eigenvalue weighted by atomic mass is 19.4. The molecular weight excluding hydrogens is 517 g/mol. The number of hydrogen-bond acceptors (Lipinski definition) is 5. The molecule has 0 saturated heterocycles. The normalized spacial score (nSPS) is 13.3. The second kappa shape index (κ2) is 10.5. The molecule has 2 aromatic carbocycles. The number of ether oxygens (including phenoxy) is 1. The molecule has 1 aromatic heterocycles. The summed E-state index contributed by atoms with van der Waals surface area (Å²) in [6.07, 6.45) is -5.87. The number of amides is 2. The molecule has 0 bridgehead atoms. The molecule has 1 atom stereocenters. The summed E-state index contributed by atoms with van der Waals surface area (Å²) in [4.78, 5) is 24.2. The van der Waals surface area contributed by atoms with Gasteiger partial charge in [0.15, 0.2) is 5.60 Å². The van der Waals surface area contributed by atoms with Gasteiger partial charge in [0.2, 0.25) is 0 Å². The molecule has 0 spiro atoms. The van der Waals surface area contributed by atoms with E-state index in [4.69, 9.17) is 5.73 Å². The summed E-state index contributed by atoms with van der Waals surface area (Å²) in [6, 6.07) is 6.87. The fraction of sp³-hybridized carbons (Fsp3) is 0.227. The summed E-state index contributed by atoms with van der Waals surface area (Å²) in [5.41, 5.74) is -0.663. The van der Waals surface area contributed by atoms with Crippen molar-refractivity contribution in [2.45, 2.75) is 24.8 Å². The number of aromatic nitrogens is 2. The van der Waals surface area contributed by atoms with Crippen molar-refractivity contribution in [2.75, 3.05) is 6.54 Å². The smallest absolute Gasteiger partial charge is 0.419 e. The molecule has 0 fully saturated rings. The topological polar surface area (TPSA) is 119 Å². The Labute approximate surface area is 203 Å². The van der Waals surface area contributed by atoms with Crippen molar-refractivity contribution in [3.8, 4) is 11.4 Å². The first-order valence-corrected chi connectivity index (χ1v) is 10.2. The molecule has 0 aliphatic heterocycles. The Morgan fingerprint density at radius 1 is 1.11 bits per heavy atom. The van der Waals surface area contributed by atoms with Gasteiger partial charge in [0, 0.05) is 12.6 Å². The van der Waals surface area contributed by atoms with Gasteiger partial charge in [0.05, 0.1) is 23.5 Å². The molecule has 3 rings (SSSR count).